The highest BCUT2D eigenvalue weighted by Gasteiger charge is 2.20. The molecule has 0 aliphatic rings. The van der Waals surface area contributed by atoms with Crippen LogP contribution in [0.1, 0.15) is 19.4 Å². The molecule has 0 saturated heterocycles. The third-order valence-electron chi connectivity index (χ3n) is 4.05. The van der Waals surface area contributed by atoms with Crippen LogP contribution >= 0.6 is 23.4 Å². The number of nitriles is 1. The summed E-state index contributed by atoms with van der Waals surface area (Å²) in [5, 5.41) is 21.2. The van der Waals surface area contributed by atoms with Gasteiger partial charge >= 0.3 is 0 Å². The van der Waals surface area contributed by atoms with Crippen LogP contribution in [0.3, 0.4) is 0 Å². The zero-order chi connectivity index (χ0) is 20.1. The summed E-state index contributed by atoms with van der Waals surface area (Å²) < 4.78 is 1.96. The molecule has 2 aromatic carbocycles. The molecule has 6 nitrogen and oxygen atoms in total. The number of hydrogen-bond acceptors (Lipinski definition) is 5. The Morgan fingerprint density at radius 3 is 2.68 bits per heavy atom. The van der Waals surface area contributed by atoms with Crippen molar-refractivity contribution in [3.05, 3.63) is 59.1 Å². The van der Waals surface area contributed by atoms with Crippen molar-refractivity contribution in [2.45, 2.75) is 30.8 Å². The first-order valence-electron chi connectivity index (χ1n) is 8.68. The number of benzene rings is 2. The van der Waals surface area contributed by atoms with Gasteiger partial charge in [-0.3, -0.25) is 4.79 Å². The average Bonchev–Trinajstić information content (AvgIpc) is 3.11. The van der Waals surface area contributed by atoms with Crippen LogP contribution in [0.25, 0.3) is 11.4 Å². The Morgan fingerprint density at radius 2 is 2.04 bits per heavy atom. The fourth-order valence-electron chi connectivity index (χ4n) is 2.59. The third kappa shape index (κ3) is 4.53. The molecule has 0 unspecified atom stereocenters. The van der Waals surface area contributed by atoms with Crippen LogP contribution in [0.2, 0.25) is 5.02 Å². The predicted octanol–water partition coefficient (Wildman–Crippen LogP) is 4.61. The summed E-state index contributed by atoms with van der Waals surface area (Å²) in [6.45, 7) is 4.49. The van der Waals surface area contributed by atoms with Gasteiger partial charge in [0.25, 0.3) is 0 Å². The van der Waals surface area contributed by atoms with E-state index in [1.54, 1.807) is 24.3 Å². The summed E-state index contributed by atoms with van der Waals surface area (Å²) in [5.41, 5.74) is 2.07. The lowest BCUT2D eigenvalue weighted by atomic mass is 10.2. The number of nitrogens with zero attached hydrogens (tertiary/aromatic N) is 4. The highest BCUT2D eigenvalue weighted by atomic mass is 35.5. The lowest BCUT2D eigenvalue weighted by Gasteiger charge is -2.13. The van der Waals surface area contributed by atoms with E-state index in [0.29, 0.717) is 33.8 Å². The van der Waals surface area contributed by atoms with Crippen LogP contribution in [0.15, 0.2) is 53.7 Å². The van der Waals surface area contributed by atoms with E-state index >= 15 is 0 Å². The minimum Gasteiger partial charge on any atom is -0.325 e. The molecule has 1 N–H and O–H groups in total. The molecule has 3 rings (SSSR count). The van der Waals surface area contributed by atoms with Crippen LogP contribution in [0.5, 0.6) is 0 Å². The number of anilines is 1. The van der Waals surface area contributed by atoms with E-state index in [9.17, 15) is 4.79 Å². The fraction of sp³-hybridized carbons (Fsp3) is 0.200. The average molecular weight is 412 g/mol. The van der Waals surface area contributed by atoms with Gasteiger partial charge in [-0.1, -0.05) is 35.5 Å². The van der Waals surface area contributed by atoms with E-state index in [-0.39, 0.29) is 11.2 Å². The number of nitrogens with one attached hydrogen (secondary N) is 1. The molecule has 0 bridgehead atoms. The SMILES string of the molecule is CCn1c(S[C@@H](C)C(=O)Nc2ccc(C#N)cc2)nnc1-c1cccc(Cl)c1. The summed E-state index contributed by atoms with van der Waals surface area (Å²) in [4.78, 5) is 12.5. The van der Waals surface area contributed by atoms with Crippen molar-refractivity contribution in [2.75, 3.05) is 5.32 Å². The quantitative estimate of drug-likeness (QED) is 0.599. The van der Waals surface area contributed by atoms with Gasteiger partial charge in [0, 0.05) is 22.8 Å². The van der Waals surface area contributed by atoms with Gasteiger partial charge < -0.3 is 9.88 Å². The topological polar surface area (TPSA) is 83.6 Å². The fourth-order valence-corrected chi connectivity index (χ4v) is 3.69. The molecule has 8 heteroatoms. The highest BCUT2D eigenvalue weighted by molar-refractivity contribution is 8.00. The number of aromatic nitrogens is 3. The van der Waals surface area contributed by atoms with Gasteiger partial charge in [-0.05, 0) is 50.2 Å². The summed E-state index contributed by atoms with van der Waals surface area (Å²) in [5.74, 6) is 0.567. The van der Waals surface area contributed by atoms with Gasteiger partial charge in [-0.2, -0.15) is 5.26 Å². The maximum atomic E-state index is 12.5. The monoisotopic (exact) mass is 411 g/mol. The Kier molecular flexibility index (Phi) is 6.34. The Morgan fingerprint density at radius 1 is 1.29 bits per heavy atom. The molecule has 1 aromatic heterocycles. The molecule has 0 saturated carbocycles. The normalized spacial score (nSPS) is 11.6. The zero-order valence-electron chi connectivity index (χ0n) is 15.4. The van der Waals surface area contributed by atoms with Gasteiger partial charge in [0.1, 0.15) is 0 Å². The van der Waals surface area contributed by atoms with Gasteiger partial charge in [-0.25, -0.2) is 0 Å². The van der Waals surface area contributed by atoms with Crippen LogP contribution < -0.4 is 5.32 Å². The van der Waals surface area contributed by atoms with Crippen molar-refractivity contribution in [2.24, 2.45) is 0 Å². The Bertz CT molecular complexity index is 1030. The van der Waals surface area contributed by atoms with E-state index in [1.165, 1.54) is 11.8 Å². The van der Waals surface area contributed by atoms with E-state index in [1.807, 2.05) is 42.7 Å². The Labute approximate surface area is 172 Å². The van der Waals surface area contributed by atoms with Gasteiger partial charge in [-0.15, -0.1) is 10.2 Å². The van der Waals surface area contributed by atoms with E-state index in [2.05, 4.69) is 21.6 Å². The number of carbonyl (C=O) groups excluding carboxylic acids is 1. The first-order chi connectivity index (χ1) is 13.5. The Hall–Kier alpha value is -2.82. The lowest BCUT2D eigenvalue weighted by molar-refractivity contribution is -0.115. The Balaban J connectivity index is 1.73. The minimum atomic E-state index is -0.377. The van der Waals surface area contributed by atoms with Crippen LogP contribution in [0, 0.1) is 11.3 Å². The van der Waals surface area contributed by atoms with Gasteiger partial charge in [0.15, 0.2) is 11.0 Å². The van der Waals surface area contributed by atoms with Crippen molar-refractivity contribution in [3.8, 4) is 17.5 Å². The second-order valence-corrected chi connectivity index (χ2v) is 7.74. The molecule has 1 amide bonds. The second-order valence-electron chi connectivity index (χ2n) is 6.00. The van der Waals surface area contributed by atoms with E-state index in [4.69, 9.17) is 16.9 Å². The molecule has 0 radical (unpaired) electrons. The van der Waals surface area contributed by atoms with E-state index < -0.39 is 0 Å². The molecule has 0 aliphatic heterocycles. The number of thioether (sulfide) groups is 1. The van der Waals surface area contributed by atoms with Gasteiger partial charge in [0.05, 0.1) is 16.9 Å². The largest absolute Gasteiger partial charge is 0.325 e. The smallest absolute Gasteiger partial charge is 0.237 e. The maximum Gasteiger partial charge on any atom is 0.237 e. The summed E-state index contributed by atoms with van der Waals surface area (Å²) in [7, 11) is 0. The van der Waals surface area contributed by atoms with Crippen LogP contribution in [0.4, 0.5) is 5.69 Å². The molecule has 28 heavy (non-hydrogen) atoms. The molecular weight excluding hydrogens is 394 g/mol. The third-order valence-corrected chi connectivity index (χ3v) is 5.36. The maximum absolute atomic E-state index is 12.5. The van der Waals surface area contributed by atoms with Crippen molar-refractivity contribution < 1.29 is 4.79 Å². The summed E-state index contributed by atoms with van der Waals surface area (Å²) in [6.07, 6.45) is 0. The van der Waals surface area contributed by atoms with Crippen molar-refractivity contribution in [3.63, 3.8) is 0 Å². The summed E-state index contributed by atoms with van der Waals surface area (Å²) >= 11 is 7.43. The van der Waals surface area contributed by atoms with Crippen LogP contribution in [-0.4, -0.2) is 25.9 Å². The first-order valence-corrected chi connectivity index (χ1v) is 9.94. The number of hydrogen-bond donors (Lipinski definition) is 1. The standard InChI is InChI=1S/C20H18ClN5OS/c1-3-26-18(15-5-4-6-16(21)11-15)24-25-20(26)28-13(2)19(27)23-17-9-7-14(12-22)8-10-17/h4-11,13H,3H2,1-2H3,(H,23,27)/t13-/m0/s1. The number of carbonyl (C=O) groups is 1. The molecule has 0 aliphatic carbocycles. The highest BCUT2D eigenvalue weighted by Crippen LogP contribution is 2.28. The first kappa shape index (κ1) is 19.9. The molecule has 1 atom stereocenters. The lowest BCUT2D eigenvalue weighted by Crippen LogP contribution is -2.22. The molecule has 0 fully saturated rings. The van der Waals surface area contributed by atoms with Crippen molar-refractivity contribution in [1.29, 1.82) is 5.26 Å². The number of amides is 1. The molecule has 0 spiro atoms. The molecule has 1 heterocycles. The number of halogens is 1. The minimum absolute atomic E-state index is 0.148. The van der Waals surface area contributed by atoms with Gasteiger partial charge in [0.2, 0.25) is 5.91 Å². The van der Waals surface area contributed by atoms with Crippen molar-refractivity contribution in [1.82, 2.24) is 14.8 Å². The van der Waals surface area contributed by atoms with Crippen molar-refractivity contribution >= 4 is 35.0 Å². The molecular formula is C20H18ClN5OS. The number of rotatable bonds is 6. The second kappa shape index (κ2) is 8.91. The predicted molar refractivity (Wildman–Crippen MR) is 111 cm³/mol. The van der Waals surface area contributed by atoms with E-state index in [0.717, 1.165) is 5.56 Å². The molecule has 3 aromatic rings. The van der Waals surface area contributed by atoms with Crippen LogP contribution in [-0.2, 0) is 11.3 Å². The summed E-state index contributed by atoms with van der Waals surface area (Å²) in [6, 6.07) is 16.2. The zero-order valence-corrected chi connectivity index (χ0v) is 17.0. The molecule has 142 valence electrons.